The van der Waals surface area contributed by atoms with Crippen LogP contribution in [0.15, 0.2) is 24.3 Å². The number of hydrogen-bond acceptors (Lipinski definition) is 5. The molecular weight excluding hydrogens is 410 g/mol. The average molecular weight is 450 g/mol. The number of hydroxylamine groups is 1. The normalized spacial score (nSPS) is 12.2. The number of carboxylic acid groups (broad SMARTS) is 1. The van der Waals surface area contributed by atoms with E-state index in [4.69, 9.17) is 5.21 Å². The topological polar surface area (TPSA) is 128 Å². The zero-order valence-corrected chi connectivity index (χ0v) is 19.6. The second kappa shape index (κ2) is 14.6. The van der Waals surface area contributed by atoms with Crippen molar-refractivity contribution >= 4 is 23.5 Å². The molecular formula is C24H39N3O5. The maximum absolute atomic E-state index is 12.1. The number of hydrogen-bond donors (Lipinski definition) is 5. The molecule has 0 aliphatic rings. The SMILES string of the molecule is CC(C)(C)CCC[C@H](NCc1ccc(NC(=O)CCCCCCC(=O)NO)cc1)C(=O)O. The van der Waals surface area contributed by atoms with E-state index in [1.165, 1.54) is 0 Å². The highest BCUT2D eigenvalue weighted by atomic mass is 16.5. The van der Waals surface area contributed by atoms with Crippen LogP contribution in [-0.4, -0.2) is 34.1 Å². The lowest BCUT2D eigenvalue weighted by Crippen LogP contribution is -2.36. The molecule has 8 nitrogen and oxygen atoms in total. The van der Waals surface area contributed by atoms with E-state index in [9.17, 15) is 19.5 Å². The largest absolute Gasteiger partial charge is 0.480 e. The fraction of sp³-hybridized carbons (Fsp3) is 0.625. The molecule has 2 amide bonds. The molecule has 0 fully saturated rings. The van der Waals surface area contributed by atoms with Crippen molar-refractivity contribution in [3.8, 4) is 0 Å². The van der Waals surface area contributed by atoms with Crippen molar-refractivity contribution in [2.24, 2.45) is 5.41 Å². The molecule has 32 heavy (non-hydrogen) atoms. The Balaban J connectivity index is 2.32. The zero-order valence-electron chi connectivity index (χ0n) is 19.6. The fourth-order valence-electron chi connectivity index (χ4n) is 3.30. The van der Waals surface area contributed by atoms with Gasteiger partial charge < -0.3 is 15.7 Å². The summed E-state index contributed by atoms with van der Waals surface area (Å²) < 4.78 is 0. The minimum absolute atomic E-state index is 0.0613. The van der Waals surface area contributed by atoms with Gasteiger partial charge in [0.1, 0.15) is 6.04 Å². The highest BCUT2D eigenvalue weighted by Gasteiger charge is 2.18. The zero-order chi connectivity index (χ0) is 24.0. The van der Waals surface area contributed by atoms with E-state index in [0.29, 0.717) is 31.5 Å². The fourth-order valence-corrected chi connectivity index (χ4v) is 3.30. The third kappa shape index (κ3) is 13.1. The molecule has 1 aromatic carbocycles. The standard InChI is InChI=1S/C24H39N3O5/c1-24(2,3)16-8-9-20(23(30)31)25-17-18-12-14-19(15-13-18)26-21(28)10-6-4-5-7-11-22(29)27-32/h12-15,20,25,32H,4-11,16-17H2,1-3H3,(H,26,28)(H,27,29)(H,30,31)/t20-/m0/s1. The van der Waals surface area contributed by atoms with Gasteiger partial charge in [0.25, 0.3) is 0 Å². The van der Waals surface area contributed by atoms with E-state index in [2.05, 4.69) is 31.4 Å². The summed E-state index contributed by atoms with van der Waals surface area (Å²) >= 11 is 0. The molecule has 1 aromatic rings. The van der Waals surface area contributed by atoms with Crippen LogP contribution >= 0.6 is 0 Å². The van der Waals surface area contributed by atoms with Gasteiger partial charge in [-0.1, -0.05) is 52.2 Å². The minimum Gasteiger partial charge on any atom is -0.480 e. The lowest BCUT2D eigenvalue weighted by atomic mass is 9.89. The highest BCUT2D eigenvalue weighted by molar-refractivity contribution is 5.90. The van der Waals surface area contributed by atoms with E-state index in [-0.39, 0.29) is 23.7 Å². The number of carboxylic acids is 1. The lowest BCUT2D eigenvalue weighted by molar-refractivity contribution is -0.139. The van der Waals surface area contributed by atoms with Crippen molar-refractivity contribution in [3.05, 3.63) is 29.8 Å². The molecule has 0 saturated heterocycles. The monoisotopic (exact) mass is 449 g/mol. The number of rotatable bonds is 15. The van der Waals surface area contributed by atoms with Crippen LogP contribution in [0.5, 0.6) is 0 Å². The van der Waals surface area contributed by atoms with Gasteiger partial charge in [0.05, 0.1) is 0 Å². The molecule has 0 unspecified atom stereocenters. The van der Waals surface area contributed by atoms with Crippen LogP contribution in [0.25, 0.3) is 0 Å². The van der Waals surface area contributed by atoms with Gasteiger partial charge in [-0.15, -0.1) is 0 Å². The number of benzene rings is 1. The second-order valence-electron chi connectivity index (χ2n) is 9.42. The molecule has 0 heterocycles. The van der Waals surface area contributed by atoms with Gasteiger partial charge >= 0.3 is 5.97 Å². The Bertz CT molecular complexity index is 713. The predicted octanol–water partition coefficient (Wildman–Crippen LogP) is 4.23. The van der Waals surface area contributed by atoms with Crippen molar-refractivity contribution in [2.45, 2.75) is 91.1 Å². The summed E-state index contributed by atoms with van der Waals surface area (Å²) in [6, 6.07) is 6.82. The van der Waals surface area contributed by atoms with Crippen molar-refractivity contribution in [1.29, 1.82) is 0 Å². The molecule has 0 aliphatic heterocycles. The lowest BCUT2D eigenvalue weighted by Gasteiger charge is -2.20. The Labute approximate surface area is 191 Å². The van der Waals surface area contributed by atoms with Crippen molar-refractivity contribution in [2.75, 3.05) is 5.32 Å². The molecule has 8 heteroatoms. The summed E-state index contributed by atoms with van der Waals surface area (Å²) in [5.74, 6) is -1.28. The maximum atomic E-state index is 12.1. The molecule has 0 bridgehead atoms. The third-order valence-corrected chi connectivity index (χ3v) is 5.19. The smallest absolute Gasteiger partial charge is 0.320 e. The second-order valence-corrected chi connectivity index (χ2v) is 9.42. The van der Waals surface area contributed by atoms with Gasteiger partial charge in [-0.25, -0.2) is 5.48 Å². The Kier molecular flexibility index (Phi) is 12.6. The third-order valence-electron chi connectivity index (χ3n) is 5.19. The Morgan fingerprint density at radius 3 is 2.03 bits per heavy atom. The molecule has 0 radical (unpaired) electrons. The first-order valence-corrected chi connectivity index (χ1v) is 11.4. The molecule has 1 atom stereocenters. The van der Waals surface area contributed by atoms with E-state index >= 15 is 0 Å². The van der Waals surface area contributed by atoms with Crippen LogP contribution in [0.2, 0.25) is 0 Å². The van der Waals surface area contributed by atoms with Crippen LogP contribution in [0.1, 0.15) is 84.1 Å². The van der Waals surface area contributed by atoms with E-state index in [1.807, 2.05) is 24.3 Å². The Morgan fingerprint density at radius 1 is 0.906 bits per heavy atom. The van der Waals surface area contributed by atoms with Gasteiger partial charge in [0, 0.05) is 25.1 Å². The quantitative estimate of drug-likeness (QED) is 0.155. The average Bonchev–Trinajstić information content (AvgIpc) is 2.72. The summed E-state index contributed by atoms with van der Waals surface area (Å²) in [6.45, 7) is 6.91. The van der Waals surface area contributed by atoms with Gasteiger partial charge in [-0.2, -0.15) is 0 Å². The van der Waals surface area contributed by atoms with Gasteiger partial charge in [-0.3, -0.25) is 19.6 Å². The number of amides is 2. The number of nitrogens with one attached hydrogen (secondary N) is 3. The minimum atomic E-state index is -0.834. The van der Waals surface area contributed by atoms with E-state index in [1.54, 1.807) is 5.48 Å². The van der Waals surface area contributed by atoms with Crippen LogP contribution in [0.4, 0.5) is 5.69 Å². The first-order valence-electron chi connectivity index (χ1n) is 11.4. The van der Waals surface area contributed by atoms with Gasteiger partial charge in [0.15, 0.2) is 0 Å². The van der Waals surface area contributed by atoms with Gasteiger partial charge in [-0.05, 0) is 48.8 Å². The van der Waals surface area contributed by atoms with E-state index in [0.717, 1.165) is 37.7 Å². The van der Waals surface area contributed by atoms with Crippen molar-refractivity contribution < 1.29 is 24.7 Å². The molecule has 0 aliphatic carbocycles. The Morgan fingerprint density at radius 2 is 1.50 bits per heavy atom. The van der Waals surface area contributed by atoms with Crippen LogP contribution in [0.3, 0.4) is 0 Å². The summed E-state index contributed by atoms with van der Waals surface area (Å²) in [4.78, 5) is 34.5. The summed E-state index contributed by atoms with van der Waals surface area (Å²) in [6.07, 6.45) is 6.22. The maximum Gasteiger partial charge on any atom is 0.320 e. The molecule has 5 N–H and O–H groups in total. The molecule has 180 valence electrons. The van der Waals surface area contributed by atoms with Crippen molar-refractivity contribution in [1.82, 2.24) is 10.8 Å². The molecule has 0 saturated carbocycles. The number of anilines is 1. The summed E-state index contributed by atoms with van der Waals surface area (Å²) in [5, 5.41) is 23.8. The predicted molar refractivity (Wildman–Crippen MR) is 124 cm³/mol. The van der Waals surface area contributed by atoms with Crippen LogP contribution in [-0.2, 0) is 20.9 Å². The van der Waals surface area contributed by atoms with Crippen LogP contribution in [0, 0.1) is 5.41 Å². The first-order chi connectivity index (χ1) is 15.1. The van der Waals surface area contributed by atoms with Gasteiger partial charge in [0.2, 0.25) is 11.8 Å². The molecule has 1 rings (SSSR count). The molecule has 0 spiro atoms. The van der Waals surface area contributed by atoms with E-state index < -0.39 is 12.0 Å². The van der Waals surface area contributed by atoms with Crippen LogP contribution < -0.4 is 16.1 Å². The number of carbonyl (C=O) groups excluding carboxylic acids is 2. The number of carbonyl (C=O) groups is 3. The number of aliphatic carboxylic acids is 1. The summed E-state index contributed by atoms with van der Waals surface area (Å²) in [5.41, 5.74) is 3.46. The highest BCUT2D eigenvalue weighted by Crippen LogP contribution is 2.22. The van der Waals surface area contributed by atoms with Crippen molar-refractivity contribution in [3.63, 3.8) is 0 Å². The molecule has 0 aromatic heterocycles. The Hall–Kier alpha value is -2.45. The number of unbranched alkanes of at least 4 members (excludes halogenated alkanes) is 3. The first kappa shape index (κ1) is 27.6. The summed E-state index contributed by atoms with van der Waals surface area (Å²) in [7, 11) is 0.